The predicted octanol–water partition coefficient (Wildman–Crippen LogP) is 2.21. The third-order valence-electron chi connectivity index (χ3n) is 2.41. The van der Waals surface area contributed by atoms with Crippen molar-refractivity contribution in [3.63, 3.8) is 0 Å². The summed E-state index contributed by atoms with van der Waals surface area (Å²) in [7, 11) is 1.29. The Bertz CT molecular complexity index is 492. The van der Waals surface area contributed by atoms with Crippen LogP contribution in [0.5, 0.6) is 0 Å². The molecule has 0 amide bonds. The van der Waals surface area contributed by atoms with E-state index in [2.05, 4.69) is 0 Å². The Morgan fingerprint density at radius 1 is 1.35 bits per heavy atom. The third-order valence-corrected chi connectivity index (χ3v) is 2.41. The number of carbonyl (C=O) groups is 1. The molecule has 20 heavy (non-hydrogen) atoms. The second kappa shape index (κ2) is 6.91. The molecule has 108 valence electrons. The van der Waals surface area contributed by atoms with Crippen LogP contribution in [-0.2, 0) is 4.74 Å². The molecule has 0 aliphatic rings. The SMILES string of the molecule is CN(CCOC(=O)c1ccc(C#N)cc1)CC(F)(F)F. The van der Waals surface area contributed by atoms with E-state index in [0.717, 1.165) is 4.90 Å². The van der Waals surface area contributed by atoms with Gasteiger partial charge >= 0.3 is 12.1 Å². The number of esters is 1. The van der Waals surface area contributed by atoms with Gasteiger partial charge in [-0.2, -0.15) is 18.4 Å². The number of benzene rings is 1. The molecule has 0 saturated carbocycles. The van der Waals surface area contributed by atoms with Gasteiger partial charge in [0.05, 0.1) is 23.7 Å². The fourth-order valence-electron chi connectivity index (χ4n) is 1.44. The van der Waals surface area contributed by atoms with E-state index in [9.17, 15) is 18.0 Å². The monoisotopic (exact) mass is 286 g/mol. The maximum Gasteiger partial charge on any atom is 0.401 e. The first-order valence-corrected chi connectivity index (χ1v) is 5.74. The predicted molar refractivity (Wildman–Crippen MR) is 65.0 cm³/mol. The van der Waals surface area contributed by atoms with Crippen molar-refractivity contribution in [1.82, 2.24) is 4.90 Å². The van der Waals surface area contributed by atoms with E-state index >= 15 is 0 Å². The first kappa shape index (κ1) is 16.0. The van der Waals surface area contributed by atoms with Gasteiger partial charge < -0.3 is 4.74 Å². The number of halogens is 3. The van der Waals surface area contributed by atoms with Crippen LogP contribution in [0.4, 0.5) is 13.2 Å². The quantitative estimate of drug-likeness (QED) is 0.779. The normalized spacial score (nSPS) is 11.2. The highest BCUT2D eigenvalue weighted by Gasteiger charge is 2.28. The molecule has 0 saturated heterocycles. The van der Waals surface area contributed by atoms with E-state index in [-0.39, 0.29) is 18.7 Å². The zero-order chi connectivity index (χ0) is 15.2. The zero-order valence-electron chi connectivity index (χ0n) is 10.8. The van der Waals surface area contributed by atoms with Gasteiger partial charge in [-0.25, -0.2) is 4.79 Å². The van der Waals surface area contributed by atoms with Crippen molar-refractivity contribution in [2.24, 2.45) is 0 Å². The van der Waals surface area contributed by atoms with Gasteiger partial charge in [-0.15, -0.1) is 0 Å². The van der Waals surface area contributed by atoms with Gasteiger partial charge in [0, 0.05) is 6.54 Å². The summed E-state index contributed by atoms with van der Waals surface area (Å²) < 4.78 is 41.0. The summed E-state index contributed by atoms with van der Waals surface area (Å²) in [6.07, 6.45) is -4.27. The molecule has 0 atom stereocenters. The fraction of sp³-hybridized carbons (Fsp3) is 0.385. The number of hydrogen-bond donors (Lipinski definition) is 0. The maximum absolute atomic E-state index is 12.1. The van der Waals surface area contributed by atoms with Crippen LogP contribution in [0.25, 0.3) is 0 Å². The lowest BCUT2D eigenvalue weighted by molar-refractivity contribution is -0.143. The third kappa shape index (κ3) is 5.71. The van der Waals surface area contributed by atoms with Gasteiger partial charge in [0.1, 0.15) is 6.61 Å². The molecule has 7 heteroatoms. The van der Waals surface area contributed by atoms with Crippen molar-refractivity contribution in [1.29, 1.82) is 5.26 Å². The Hall–Kier alpha value is -2.07. The Morgan fingerprint density at radius 3 is 2.45 bits per heavy atom. The fourth-order valence-corrected chi connectivity index (χ4v) is 1.44. The number of hydrogen-bond acceptors (Lipinski definition) is 4. The largest absolute Gasteiger partial charge is 0.461 e. The van der Waals surface area contributed by atoms with Crippen molar-refractivity contribution in [3.8, 4) is 6.07 Å². The van der Waals surface area contributed by atoms with Gasteiger partial charge in [-0.1, -0.05) is 0 Å². The smallest absolute Gasteiger partial charge is 0.401 e. The molecule has 0 bridgehead atoms. The van der Waals surface area contributed by atoms with Crippen LogP contribution in [-0.4, -0.2) is 43.8 Å². The number of alkyl halides is 3. The van der Waals surface area contributed by atoms with Crippen LogP contribution in [0.2, 0.25) is 0 Å². The average molecular weight is 286 g/mol. The maximum atomic E-state index is 12.1. The lowest BCUT2D eigenvalue weighted by atomic mass is 10.1. The molecule has 0 heterocycles. The van der Waals surface area contributed by atoms with Crippen molar-refractivity contribution < 1.29 is 22.7 Å². The number of nitriles is 1. The van der Waals surface area contributed by atoms with E-state index < -0.39 is 18.7 Å². The molecule has 0 aromatic heterocycles. The van der Waals surface area contributed by atoms with E-state index in [1.54, 1.807) is 0 Å². The summed E-state index contributed by atoms with van der Waals surface area (Å²) in [6.45, 7) is -1.20. The lowest BCUT2D eigenvalue weighted by Gasteiger charge is -2.18. The highest BCUT2D eigenvalue weighted by molar-refractivity contribution is 5.89. The molecular weight excluding hydrogens is 273 g/mol. The van der Waals surface area contributed by atoms with Crippen LogP contribution in [0.3, 0.4) is 0 Å². The Labute approximate surface area is 114 Å². The second-order valence-electron chi connectivity index (χ2n) is 4.18. The molecule has 0 N–H and O–H groups in total. The molecule has 0 radical (unpaired) electrons. The molecule has 1 aromatic rings. The van der Waals surface area contributed by atoms with Crippen molar-refractivity contribution in [2.75, 3.05) is 26.7 Å². The lowest BCUT2D eigenvalue weighted by Crippen LogP contribution is -2.33. The molecule has 0 unspecified atom stereocenters. The minimum atomic E-state index is -4.27. The molecule has 0 fully saturated rings. The molecular formula is C13H13F3N2O2. The molecule has 0 aliphatic heterocycles. The minimum absolute atomic E-state index is 0.0124. The van der Waals surface area contributed by atoms with E-state index in [1.807, 2.05) is 6.07 Å². The Balaban J connectivity index is 2.38. The molecule has 1 rings (SSSR count). The summed E-state index contributed by atoms with van der Waals surface area (Å²) in [5.74, 6) is -0.630. The van der Waals surface area contributed by atoms with Crippen LogP contribution in [0.1, 0.15) is 15.9 Å². The Kier molecular flexibility index (Phi) is 5.53. The molecule has 4 nitrogen and oxygen atoms in total. The van der Waals surface area contributed by atoms with Gasteiger partial charge in [0.25, 0.3) is 0 Å². The highest BCUT2D eigenvalue weighted by Crippen LogP contribution is 2.15. The van der Waals surface area contributed by atoms with Gasteiger partial charge in [0.15, 0.2) is 0 Å². The molecule has 0 spiro atoms. The van der Waals surface area contributed by atoms with E-state index in [0.29, 0.717) is 5.56 Å². The summed E-state index contributed by atoms with van der Waals surface area (Å²) in [5, 5.41) is 8.60. The highest BCUT2D eigenvalue weighted by atomic mass is 19.4. The summed E-state index contributed by atoms with van der Waals surface area (Å²) in [6, 6.07) is 7.70. The summed E-state index contributed by atoms with van der Waals surface area (Å²) in [5.41, 5.74) is 0.661. The number of nitrogens with zero attached hydrogens (tertiary/aromatic N) is 2. The van der Waals surface area contributed by atoms with Crippen molar-refractivity contribution in [2.45, 2.75) is 6.18 Å². The molecule has 0 aliphatic carbocycles. The summed E-state index contributed by atoms with van der Waals surface area (Å²) >= 11 is 0. The first-order chi connectivity index (χ1) is 9.31. The van der Waals surface area contributed by atoms with Crippen molar-refractivity contribution in [3.05, 3.63) is 35.4 Å². The minimum Gasteiger partial charge on any atom is -0.461 e. The number of carbonyl (C=O) groups excluding carboxylic acids is 1. The second-order valence-corrected chi connectivity index (χ2v) is 4.18. The van der Waals surface area contributed by atoms with E-state index in [1.165, 1.54) is 31.3 Å². The van der Waals surface area contributed by atoms with Gasteiger partial charge in [-0.3, -0.25) is 4.90 Å². The summed E-state index contributed by atoms with van der Waals surface area (Å²) in [4.78, 5) is 12.6. The number of likely N-dealkylation sites (N-methyl/N-ethyl adjacent to an activating group) is 1. The van der Waals surface area contributed by atoms with Crippen LogP contribution in [0.15, 0.2) is 24.3 Å². The standard InChI is InChI=1S/C13H13F3N2O2/c1-18(9-13(14,15)16)6-7-20-12(19)11-4-2-10(8-17)3-5-11/h2-5H,6-7,9H2,1H3. The zero-order valence-corrected chi connectivity index (χ0v) is 10.8. The van der Waals surface area contributed by atoms with Crippen LogP contribution in [0, 0.1) is 11.3 Å². The van der Waals surface area contributed by atoms with Gasteiger partial charge in [-0.05, 0) is 31.3 Å². The van der Waals surface area contributed by atoms with Gasteiger partial charge in [0.2, 0.25) is 0 Å². The molecule has 1 aromatic carbocycles. The number of rotatable bonds is 5. The van der Waals surface area contributed by atoms with Crippen LogP contribution >= 0.6 is 0 Å². The average Bonchev–Trinajstić information content (AvgIpc) is 2.36. The van der Waals surface area contributed by atoms with Crippen molar-refractivity contribution >= 4 is 5.97 Å². The number of ether oxygens (including phenoxy) is 1. The topological polar surface area (TPSA) is 53.3 Å². The Morgan fingerprint density at radius 2 is 1.95 bits per heavy atom. The van der Waals surface area contributed by atoms with E-state index in [4.69, 9.17) is 10.00 Å². The van der Waals surface area contributed by atoms with Crippen LogP contribution < -0.4 is 0 Å². The first-order valence-electron chi connectivity index (χ1n) is 5.74.